The van der Waals surface area contributed by atoms with Crippen LogP contribution in [-0.2, 0) is 9.59 Å². The predicted molar refractivity (Wildman–Crippen MR) is 78.2 cm³/mol. The van der Waals surface area contributed by atoms with Gasteiger partial charge in [0.05, 0.1) is 6.54 Å². The summed E-state index contributed by atoms with van der Waals surface area (Å²) in [6.45, 7) is 0.981. The highest BCUT2D eigenvalue weighted by molar-refractivity contribution is 7.98. The minimum absolute atomic E-state index is 0.0198. The molecule has 1 aliphatic heterocycles. The average molecular weight is 284 g/mol. The number of carbonyl (C=O) groups is 2. The second kappa shape index (κ2) is 6.64. The maximum Gasteiger partial charge on any atom is 0.248 e. The molecule has 108 valence electrons. The molecule has 0 atom stereocenters. The van der Waals surface area contributed by atoms with Gasteiger partial charge in [-0.3, -0.25) is 9.59 Å². The van der Waals surface area contributed by atoms with Crippen molar-refractivity contribution in [1.29, 1.82) is 0 Å². The Morgan fingerprint density at radius 2 is 1.95 bits per heavy atom. The molecule has 1 spiro atoms. The van der Waals surface area contributed by atoms with Gasteiger partial charge < -0.3 is 10.2 Å². The lowest BCUT2D eigenvalue weighted by Crippen LogP contribution is -2.67. The van der Waals surface area contributed by atoms with E-state index >= 15 is 0 Å². The SMILES string of the molecule is CSCCCCN1CC(=O)NC2(CCCCC2)C1=O. The zero-order valence-corrected chi connectivity index (χ0v) is 12.6. The van der Waals surface area contributed by atoms with Crippen LogP contribution in [0.15, 0.2) is 0 Å². The first-order chi connectivity index (χ1) is 9.18. The summed E-state index contributed by atoms with van der Waals surface area (Å²) in [5, 5.41) is 2.98. The van der Waals surface area contributed by atoms with E-state index in [1.807, 2.05) is 11.8 Å². The van der Waals surface area contributed by atoms with Gasteiger partial charge in [-0.2, -0.15) is 11.8 Å². The minimum Gasteiger partial charge on any atom is -0.340 e. The molecule has 19 heavy (non-hydrogen) atoms. The summed E-state index contributed by atoms with van der Waals surface area (Å²) in [5.74, 6) is 1.31. The molecular formula is C14H24N2O2S. The highest BCUT2D eigenvalue weighted by atomic mass is 32.2. The van der Waals surface area contributed by atoms with Crippen LogP contribution >= 0.6 is 11.8 Å². The number of amides is 2. The van der Waals surface area contributed by atoms with Crippen molar-refractivity contribution in [1.82, 2.24) is 10.2 Å². The molecule has 4 nitrogen and oxygen atoms in total. The van der Waals surface area contributed by atoms with E-state index in [2.05, 4.69) is 11.6 Å². The third kappa shape index (κ3) is 3.44. The number of nitrogens with one attached hydrogen (secondary N) is 1. The summed E-state index contributed by atoms with van der Waals surface area (Å²) < 4.78 is 0. The molecule has 1 N–H and O–H groups in total. The average Bonchev–Trinajstić information content (AvgIpc) is 2.41. The third-order valence-electron chi connectivity index (χ3n) is 4.14. The van der Waals surface area contributed by atoms with Crippen molar-refractivity contribution in [3.05, 3.63) is 0 Å². The van der Waals surface area contributed by atoms with Crippen molar-refractivity contribution in [3.63, 3.8) is 0 Å². The van der Waals surface area contributed by atoms with Crippen LogP contribution in [0.2, 0.25) is 0 Å². The van der Waals surface area contributed by atoms with E-state index in [9.17, 15) is 9.59 Å². The molecule has 0 aromatic carbocycles. The molecule has 2 rings (SSSR count). The molecule has 2 aliphatic rings. The van der Waals surface area contributed by atoms with Crippen molar-refractivity contribution in [3.8, 4) is 0 Å². The van der Waals surface area contributed by atoms with Gasteiger partial charge >= 0.3 is 0 Å². The first-order valence-corrected chi connectivity index (χ1v) is 8.67. The lowest BCUT2D eigenvalue weighted by atomic mass is 9.79. The van der Waals surface area contributed by atoms with Crippen molar-refractivity contribution >= 4 is 23.6 Å². The largest absolute Gasteiger partial charge is 0.340 e. The van der Waals surface area contributed by atoms with Crippen LogP contribution in [0.25, 0.3) is 0 Å². The normalized spacial score (nSPS) is 22.7. The van der Waals surface area contributed by atoms with Gasteiger partial charge in [-0.1, -0.05) is 19.3 Å². The third-order valence-corrected chi connectivity index (χ3v) is 4.84. The quantitative estimate of drug-likeness (QED) is 0.783. The molecule has 0 radical (unpaired) electrons. The maximum atomic E-state index is 12.6. The second-order valence-corrected chi connectivity index (χ2v) is 6.60. The highest BCUT2D eigenvalue weighted by Gasteiger charge is 2.46. The van der Waals surface area contributed by atoms with Crippen molar-refractivity contribution in [2.75, 3.05) is 25.1 Å². The summed E-state index contributed by atoms with van der Waals surface area (Å²) in [5.41, 5.74) is -0.562. The summed E-state index contributed by atoms with van der Waals surface area (Å²) in [7, 11) is 0. The van der Waals surface area contributed by atoms with E-state index in [1.165, 1.54) is 6.42 Å². The molecule has 1 saturated heterocycles. The standard InChI is InChI=1S/C14H24N2O2S/c1-19-10-6-5-9-16-11-12(17)15-14(13(16)18)7-3-2-4-8-14/h2-11H2,1H3,(H,15,17). The van der Waals surface area contributed by atoms with Gasteiger partial charge in [0.25, 0.3) is 0 Å². The van der Waals surface area contributed by atoms with Crippen LogP contribution in [0.1, 0.15) is 44.9 Å². The zero-order chi connectivity index (χ0) is 13.7. The van der Waals surface area contributed by atoms with Crippen LogP contribution in [-0.4, -0.2) is 47.4 Å². The van der Waals surface area contributed by atoms with Gasteiger partial charge in [-0.25, -0.2) is 0 Å². The van der Waals surface area contributed by atoms with Crippen molar-refractivity contribution in [2.24, 2.45) is 0 Å². The van der Waals surface area contributed by atoms with Crippen LogP contribution in [0, 0.1) is 0 Å². The fourth-order valence-electron chi connectivity index (χ4n) is 3.13. The Bertz CT molecular complexity index is 340. The molecule has 2 fully saturated rings. The van der Waals surface area contributed by atoms with Gasteiger partial charge in [0.1, 0.15) is 5.54 Å². The molecule has 1 aliphatic carbocycles. The van der Waals surface area contributed by atoms with E-state index < -0.39 is 5.54 Å². The number of unbranched alkanes of at least 4 members (excludes halogenated alkanes) is 1. The molecule has 0 aromatic heterocycles. The van der Waals surface area contributed by atoms with E-state index in [1.54, 1.807) is 4.90 Å². The van der Waals surface area contributed by atoms with Crippen LogP contribution in [0.3, 0.4) is 0 Å². The molecule has 0 bridgehead atoms. The number of hydrogen-bond acceptors (Lipinski definition) is 3. The smallest absolute Gasteiger partial charge is 0.248 e. The van der Waals surface area contributed by atoms with Crippen LogP contribution in [0.5, 0.6) is 0 Å². The maximum absolute atomic E-state index is 12.6. The predicted octanol–water partition coefficient (Wildman–Crippen LogP) is 1.79. The Morgan fingerprint density at radius 1 is 1.21 bits per heavy atom. The first kappa shape index (κ1) is 14.7. The van der Waals surface area contributed by atoms with Gasteiger partial charge in [0.2, 0.25) is 11.8 Å². The lowest BCUT2D eigenvalue weighted by molar-refractivity contribution is -0.151. The molecule has 5 heteroatoms. The number of piperazine rings is 1. The van der Waals surface area contributed by atoms with Gasteiger partial charge in [0.15, 0.2) is 0 Å². The fourth-order valence-corrected chi connectivity index (χ4v) is 3.62. The Hall–Kier alpha value is -0.710. The first-order valence-electron chi connectivity index (χ1n) is 7.27. The van der Waals surface area contributed by atoms with Gasteiger partial charge in [-0.05, 0) is 37.7 Å². The molecule has 0 unspecified atom stereocenters. The second-order valence-electron chi connectivity index (χ2n) is 5.62. The van der Waals surface area contributed by atoms with Crippen molar-refractivity contribution in [2.45, 2.75) is 50.5 Å². The number of thioether (sulfide) groups is 1. The monoisotopic (exact) mass is 284 g/mol. The summed E-state index contributed by atoms with van der Waals surface area (Å²) in [6.07, 6.45) is 9.11. The Labute approximate surface area is 119 Å². The van der Waals surface area contributed by atoms with E-state index in [4.69, 9.17) is 0 Å². The minimum atomic E-state index is -0.562. The van der Waals surface area contributed by atoms with E-state index in [0.29, 0.717) is 0 Å². The molecule has 2 amide bonds. The molecular weight excluding hydrogens is 260 g/mol. The molecule has 1 heterocycles. The molecule has 0 aromatic rings. The molecule has 1 saturated carbocycles. The van der Waals surface area contributed by atoms with E-state index in [-0.39, 0.29) is 18.4 Å². The topological polar surface area (TPSA) is 49.4 Å². The lowest BCUT2D eigenvalue weighted by Gasteiger charge is -2.44. The summed E-state index contributed by atoms with van der Waals surface area (Å²) in [4.78, 5) is 26.3. The fraction of sp³-hybridized carbons (Fsp3) is 0.857. The Kier molecular flexibility index (Phi) is 5.13. The number of carbonyl (C=O) groups excluding carboxylic acids is 2. The summed E-state index contributed by atoms with van der Waals surface area (Å²) >= 11 is 1.83. The number of rotatable bonds is 5. The zero-order valence-electron chi connectivity index (χ0n) is 11.7. The van der Waals surface area contributed by atoms with Crippen molar-refractivity contribution < 1.29 is 9.59 Å². The number of nitrogens with zero attached hydrogens (tertiary/aromatic N) is 1. The summed E-state index contributed by atoms with van der Waals surface area (Å²) in [6, 6.07) is 0. The van der Waals surface area contributed by atoms with Gasteiger partial charge in [-0.15, -0.1) is 0 Å². The van der Waals surface area contributed by atoms with Crippen LogP contribution < -0.4 is 5.32 Å². The Balaban J connectivity index is 1.95. The van der Waals surface area contributed by atoms with Crippen LogP contribution in [0.4, 0.5) is 0 Å². The number of hydrogen-bond donors (Lipinski definition) is 1. The highest BCUT2D eigenvalue weighted by Crippen LogP contribution is 2.31. The van der Waals surface area contributed by atoms with Gasteiger partial charge in [0, 0.05) is 6.54 Å². The van der Waals surface area contributed by atoms with E-state index in [0.717, 1.165) is 50.8 Å². The Morgan fingerprint density at radius 3 is 2.63 bits per heavy atom.